The minimum absolute atomic E-state index is 0.0129. The van der Waals surface area contributed by atoms with Crippen molar-refractivity contribution in [3.63, 3.8) is 0 Å². The van der Waals surface area contributed by atoms with E-state index in [1.165, 1.54) is 19.2 Å². The smallest absolute Gasteiger partial charge is 0.305 e. The molecule has 0 aliphatic rings. The van der Waals surface area contributed by atoms with Gasteiger partial charge in [0.05, 0.1) is 7.11 Å². The Hall–Kier alpha value is -1.58. The number of carbonyl (C=O) groups excluding carboxylic acids is 1. The summed E-state index contributed by atoms with van der Waals surface area (Å²) in [5.74, 6) is 0.281. The lowest BCUT2D eigenvalue weighted by Crippen LogP contribution is -2.28. The molecular formula is C18H27FO3. The molecule has 0 saturated carbocycles. The highest BCUT2D eigenvalue weighted by atomic mass is 19.1. The predicted octanol–water partition coefficient (Wildman–Crippen LogP) is 4.70. The molecule has 0 radical (unpaired) electrons. The van der Waals surface area contributed by atoms with E-state index in [0.29, 0.717) is 18.1 Å². The van der Waals surface area contributed by atoms with Gasteiger partial charge in [-0.25, -0.2) is 4.39 Å². The van der Waals surface area contributed by atoms with Crippen LogP contribution in [0, 0.1) is 11.7 Å². The fourth-order valence-corrected chi connectivity index (χ4v) is 3.01. The second kappa shape index (κ2) is 8.76. The van der Waals surface area contributed by atoms with Crippen molar-refractivity contribution in [3.05, 3.63) is 29.6 Å². The van der Waals surface area contributed by atoms with Gasteiger partial charge in [0.15, 0.2) is 0 Å². The summed E-state index contributed by atoms with van der Waals surface area (Å²) in [4.78, 5) is 11.7. The number of hydrogen-bond acceptors (Lipinski definition) is 3. The van der Waals surface area contributed by atoms with Crippen LogP contribution in [0.5, 0.6) is 5.75 Å². The summed E-state index contributed by atoms with van der Waals surface area (Å²) in [6.45, 7) is 7.91. The summed E-state index contributed by atoms with van der Waals surface area (Å²) in [6, 6.07) is 4.56. The summed E-state index contributed by atoms with van der Waals surface area (Å²) in [5, 5.41) is 0. The van der Waals surface area contributed by atoms with Gasteiger partial charge in [-0.15, -0.1) is 0 Å². The van der Waals surface area contributed by atoms with Crippen molar-refractivity contribution in [2.75, 3.05) is 7.11 Å². The minimum atomic E-state index is -0.331. The van der Waals surface area contributed by atoms with Crippen molar-refractivity contribution < 1.29 is 18.7 Å². The van der Waals surface area contributed by atoms with Gasteiger partial charge < -0.3 is 9.47 Å². The standard InChI is InChI=1S/C18H27FO3/c1-6-13(7-2)18(12(4)22-17(20)8-3)15-10-9-14(19)11-16(15)21-5/h9-13,18H,6-8H2,1-5H3. The van der Waals surface area contributed by atoms with Crippen LogP contribution in [-0.2, 0) is 9.53 Å². The molecule has 3 nitrogen and oxygen atoms in total. The zero-order chi connectivity index (χ0) is 16.7. The van der Waals surface area contributed by atoms with Crippen LogP contribution in [-0.4, -0.2) is 19.2 Å². The molecule has 0 bridgehead atoms. The van der Waals surface area contributed by atoms with Crippen LogP contribution >= 0.6 is 0 Å². The second-order valence-corrected chi connectivity index (χ2v) is 5.54. The van der Waals surface area contributed by atoms with E-state index in [2.05, 4.69) is 13.8 Å². The van der Waals surface area contributed by atoms with Gasteiger partial charge in [0.2, 0.25) is 0 Å². The molecule has 22 heavy (non-hydrogen) atoms. The third-order valence-corrected chi connectivity index (χ3v) is 4.22. The summed E-state index contributed by atoms with van der Waals surface area (Å²) >= 11 is 0. The number of rotatable bonds is 8. The molecule has 0 N–H and O–H groups in total. The first-order valence-electron chi connectivity index (χ1n) is 8.01. The Morgan fingerprint density at radius 1 is 1.23 bits per heavy atom. The molecule has 0 fully saturated rings. The van der Waals surface area contributed by atoms with E-state index in [-0.39, 0.29) is 23.8 Å². The van der Waals surface area contributed by atoms with Crippen molar-refractivity contribution in [2.45, 2.75) is 59.0 Å². The monoisotopic (exact) mass is 310 g/mol. The van der Waals surface area contributed by atoms with E-state index < -0.39 is 0 Å². The number of carbonyl (C=O) groups is 1. The third kappa shape index (κ3) is 4.46. The Morgan fingerprint density at radius 3 is 2.36 bits per heavy atom. The summed E-state index contributed by atoms with van der Waals surface area (Å²) in [5.41, 5.74) is 0.897. The fourth-order valence-electron chi connectivity index (χ4n) is 3.01. The molecule has 0 aliphatic carbocycles. The average Bonchev–Trinajstić information content (AvgIpc) is 2.52. The average molecular weight is 310 g/mol. The largest absolute Gasteiger partial charge is 0.496 e. The molecule has 0 amide bonds. The molecule has 0 aliphatic heterocycles. The van der Waals surface area contributed by atoms with E-state index in [9.17, 15) is 9.18 Å². The SMILES string of the molecule is CCC(=O)OC(C)C(c1ccc(F)cc1OC)C(CC)CC. The molecule has 1 aromatic carbocycles. The number of ether oxygens (including phenoxy) is 2. The van der Waals surface area contributed by atoms with E-state index in [1.54, 1.807) is 13.0 Å². The molecule has 0 aromatic heterocycles. The molecule has 2 atom stereocenters. The van der Waals surface area contributed by atoms with Crippen LogP contribution < -0.4 is 4.74 Å². The van der Waals surface area contributed by atoms with Crippen molar-refractivity contribution in [1.82, 2.24) is 0 Å². The zero-order valence-corrected chi connectivity index (χ0v) is 14.2. The molecule has 1 rings (SSSR count). The lowest BCUT2D eigenvalue weighted by atomic mass is 9.79. The third-order valence-electron chi connectivity index (χ3n) is 4.22. The van der Waals surface area contributed by atoms with Crippen LogP contribution in [0.4, 0.5) is 4.39 Å². The molecule has 0 spiro atoms. The Labute approximate surface area is 132 Å². The van der Waals surface area contributed by atoms with Gasteiger partial charge in [0.25, 0.3) is 0 Å². The van der Waals surface area contributed by atoms with E-state index in [0.717, 1.165) is 18.4 Å². The van der Waals surface area contributed by atoms with Gasteiger partial charge in [-0.2, -0.15) is 0 Å². The Balaban J connectivity index is 3.22. The van der Waals surface area contributed by atoms with Crippen LogP contribution in [0.1, 0.15) is 58.4 Å². The summed E-state index contributed by atoms with van der Waals surface area (Å²) in [6.07, 6.45) is 1.98. The van der Waals surface area contributed by atoms with Gasteiger partial charge in [-0.05, 0) is 18.9 Å². The number of esters is 1. The van der Waals surface area contributed by atoms with Gasteiger partial charge in [0.1, 0.15) is 17.7 Å². The lowest BCUT2D eigenvalue weighted by molar-refractivity contribution is -0.149. The molecule has 0 heterocycles. The van der Waals surface area contributed by atoms with Gasteiger partial charge in [-0.3, -0.25) is 4.79 Å². The maximum atomic E-state index is 13.5. The van der Waals surface area contributed by atoms with Crippen LogP contribution in [0.15, 0.2) is 18.2 Å². The van der Waals surface area contributed by atoms with Gasteiger partial charge in [0, 0.05) is 24.0 Å². The number of hydrogen-bond donors (Lipinski definition) is 0. The van der Waals surface area contributed by atoms with E-state index >= 15 is 0 Å². The Bertz CT molecular complexity index is 483. The highest BCUT2D eigenvalue weighted by Gasteiger charge is 2.31. The number of halogens is 1. The maximum absolute atomic E-state index is 13.5. The van der Waals surface area contributed by atoms with Crippen molar-refractivity contribution in [1.29, 1.82) is 0 Å². The molecular weight excluding hydrogens is 283 g/mol. The van der Waals surface area contributed by atoms with E-state index in [1.807, 2.05) is 6.92 Å². The van der Waals surface area contributed by atoms with E-state index in [4.69, 9.17) is 9.47 Å². The van der Waals surface area contributed by atoms with Crippen LogP contribution in [0.2, 0.25) is 0 Å². The molecule has 1 aromatic rings. The molecule has 2 unspecified atom stereocenters. The minimum Gasteiger partial charge on any atom is -0.496 e. The highest BCUT2D eigenvalue weighted by molar-refractivity contribution is 5.69. The topological polar surface area (TPSA) is 35.5 Å². The first-order valence-corrected chi connectivity index (χ1v) is 8.01. The van der Waals surface area contributed by atoms with Crippen molar-refractivity contribution >= 4 is 5.97 Å². The highest BCUT2D eigenvalue weighted by Crippen LogP contribution is 2.39. The summed E-state index contributed by atoms with van der Waals surface area (Å²) in [7, 11) is 1.53. The van der Waals surface area contributed by atoms with Gasteiger partial charge in [-0.1, -0.05) is 39.7 Å². The van der Waals surface area contributed by atoms with Crippen molar-refractivity contribution in [2.24, 2.45) is 5.92 Å². The maximum Gasteiger partial charge on any atom is 0.305 e. The normalized spacial score (nSPS) is 13.8. The summed E-state index contributed by atoms with van der Waals surface area (Å²) < 4.78 is 24.4. The quantitative estimate of drug-likeness (QED) is 0.653. The predicted molar refractivity (Wildman–Crippen MR) is 85.6 cm³/mol. The lowest BCUT2D eigenvalue weighted by Gasteiger charge is -2.32. The van der Waals surface area contributed by atoms with Crippen molar-refractivity contribution in [3.8, 4) is 5.75 Å². The number of methoxy groups -OCH3 is 1. The Kier molecular flexibility index (Phi) is 7.36. The first kappa shape index (κ1) is 18.5. The van der Waals surface area contributed by atoms with Crippen LogP contribution in [0.3, 0.4) is 0 Å². The van der Waals surface area contributed by atoms with Gasteiger partial charge >= 0.3 is 5.97 Å². The van der Waals surface area contributed by atoms with Crippen LogP contribution in [0.25, 0.3) is 0 Å². The second-order valence-electron chi connectivity index (χ2n) is 5.54. The first-order chi connectivity index (χ1) is 10.5. The fraction of sp³-hybridized carbons (Fsp3) is 0.611. The Morgan fingerprint density at radius 2 is 1.86 bits per heavy atom. The molecule has 0 saturated heterocycles. The molecule has 124 valence electrons. The number of benzene rings is 1. The zero-order valence-electron chi connectivity index (χ0n) is 14.2. The molecule has 4 heteroatoms.